The zero-order valence-corrected chi connectivity index (χ0v) is 8.96. The molecule has 9 heteroatoms. The van der Waals surface area contributed by atoms with E-state index in [-0.39, 0.29) is 0 Å². The van der Waals surface area contributed by atoms with E-state index < -0.39 is 38.5 Å². The Morgan fingerprint density at radius 1 is 1.50 bits per heavy atom. The van der Waals surface area contributed by atoms with E-state index in [4.69, 9.17) is 10.9 Å². The number of hydrogen-bond donors (Lipinski definition) is 2. The SMILES string of the molecule is COc1ncc(S(N)(=O)=O)c(N)c1C(F)F. The molecule has 16 heavy (non-hydrogen) atoms. The molecule has 0 radical (unpaired) electrons. The van der Waals surface area contributed by atoms with Crippen LogP contribution in [0.4, 0.5) is 14.5 Å². The van der Waals surface area contributed by atoms with Gasteiger partial charge in [0.1, 0.15) is 10.5 Å². The van der Waals surface area contributed by atoms with Gasteiger partial charge >= 0.3 is 0 Å². The maximum Gasteiger partial charge on any atom is 0.271 e. The fraction of sp³-hybridized carbons (Fsp3) is 0.286. The second-order valence-electron chi connectivity index (χ2n) is 2.80. The summed E-state index contributed by atoms with van der Waals surface area (Å²) in [5, 5.41) is 4.78. The summed E-state index contributed by atoms with van der Waals surface area (Å²) in [6.07, 6.45) is -2.24. The van der Waals surface area contributed by atoms with Crippen LogP contribution in [-0.4, -0.2) is 20.5 Å². The quantitative estimate of drug-likeness (QED) is 0.803. The molecule has 0 aliphatic rings. The van der Waals surface area contributed by atoms with E-state index in [2.05, 4.69) is 9.72 Å². The highest BCUT2D eigenvalue weighted by atomic mass is 32.2. The van der Waals surface area contributed by atoms with E-state index in [0.717, 1.165) is 13.3 Å². The molecule has 0 saturated heterocycles. The third kappa shape index (κ3) is 2.19. The molecule has 0 unspecified atom stereocenters. The first-order valence-electron chi connectivity index (χ1n) is 3.92. The number of hydrogen-bond acceptors (Lipinski definition) is 5. The fourth-order valence-corrected chi connectivity index (χ4v) is 1.72. The molecule has 1 aromatic rings. The number of nitrogens with two attached hydrogens (primary N) is 2. The number of primary sulfonamides is 1. The lowest BCUT2D eigenvalue weighted by Crippen LogP contribution is -2.16. The lowest BCUT2D eigenvalue weighted by Gasteiger charge is -2.11. The second kappa shape index (κ2) is 4.18. The monoisotopic (exact) mass is 253 g/mol. The third-order valence-corrected chi connectivity index (χ3v) is 2.74. The second-order valence-corrected chi connectivity index (χ2v) is 4.33. The number of alkyl halides is 2. The van der Waals surface area contributed by atoms with Gasteiger partial charge < -0.3 is 10.5 Å². The minimum Gasteiger partial charge on any atom is -0.481 e. The topological polar surface area (TPSA) is 108 Å². The van der Waals surface area contributed by atoms with Crippen molar-refractivity contribution in [3.63, 3.8) is 0 Å². The first-order valence-corrected chi connectivity index (χ1v) is 5.47. The Morgan fingerprint density at radius 3 is 2.44 bits per heavy atom. The lowest BCUT2D eigenvalue weighted by atomic mass is 10.2. The number of anilines is 1. The van der Waals surface area contributed by atoms with Gasteiger partial charge in [0.25, 0.3) is 6.43 Å². The molecule has 0 aromatic carbocycles. The van der Waals surface area contributed by atoms with E-state index in [1.54, 1.807) is 0 Å². The fourth-order valence-electron chi connectivity index (χ4n) is 1.10. The van der Waals surface area contributed by atoms with Crippen molar-refractivity contribution >= 4 is 15.7 Å². The van der Waals surface area contributed by atoms with Crippen LogP contribution in [0, 0.1) is 0 Å². The summed E-state index contributed by atoms with van der Waals surface area (Å²) in [5.41, 5.74) is 3.86. The summed E-state index contributed by atoms with van der Waals surface area (Å²) >= 11 is 0. The van der Waals surface area contributed by atoms with Gasteiger partial charge in [-0.2, -0.15) is 0 Å². The number of sulfonamides is 1. The van der Waals surface area contributed by atoms with Crippen LogP contribution in [-0.2, 0) is 10.0 Å². The Hall–Kier alpha value is -1.48. The molecule has 0 fully saturated rings. The zero-order valence-electron chi connectivity index (χ0n) is 8.15. The van der Waals surface area contributed by atoms with E-state index in [9.17, 15) is 17.2 Å². The van der Waals surface area contributed by atoms with Crippen LogP contribution in [0.5, 0.6) is 5.88 Å². The molecule has 4 N–H and O–H groups in total. The summed E-state index contributed by atoms with van der Waals surface area (Å²) < 4.78 is 51.8. The predicted molar refractivity (Wildman–Crippen MR) is 51.5 cm³/mol. The van der Waals surface area contributed by atoms with Crippen molar-refractivity contribution in [3.05, 3.63) is 11.8 Å². The number of pyridine rings is 1. The largest absolute Gasteiger partial charge is 0.481 e. The summed E-state index contributed by atoms with van der Waals surface area (Å²) in [5.74, 6) is -0.431. The standard InChI is InChI=1S/C7H9F2N3O3S/c1-15-7-4(6(8)9)5(10)3(2-12-7)16(11,13)14/h2,6H,1H3,(H2,10,12)(H2,11,13,14). The average Bonchev–Trinajstić information content (AvgIpc) is 2.14. The maximum absolute atomic E-state index is 12.6. The molecule has 90 valence electrons. The Labute approximate surface area is 90.3 Å². The highest BCUT2D eigenvalue weighted by Crippen LogP contribution is 2.35. The number of halogens is 2. The van der Waals surface area contributed by atoms with Gasteiger partial charge in [0, 0.05) is 0 Å². The number of nitrogens with zero attached hydrogens (tertiary/aromatic N) is 1. The van der Waals surface area contributed by atoms with Gasteiger partial charge in [0.15, 0.2) is 0 Å². The van der Waals surface area contributed by atoms with Crippen molar-refractivity contribution in [1.29, 1.82) is 0 Å². The normalized spacial score (nSPS) is 11.8. The van der Waals surface area contributed by atoms with E-state index in [1.807, 2.05) is 0 Å². The number of methoxy groups -OCH3 is 1. The predicted octanol–water partition coefficient (Wildman–Crippen LogP) is 0.257. The number of aromatic nitrogens is 1. The first-order chi connectivity index (χ1) is 7.29. The summed E-state index contributed by atoms with van der Waals surface area (Å²) in [7, 11) is -3.08. The molecule has 0 atom stereocenters. The minimum atomic E-state index is -4.19. The van der Waals surface area contributed by atoms with Crippen molar-refractivity contribution in [2.45, 2.75) is 11.3 Å². The third-order valence-electron chi connectivity index (χ3n) is 1.80. The Balaban J connectivity index is 3.57. The average molecular weight is 253 g/mol. The highest BCUT2D eigenvalue weighted by Gasteiger charge is 2.25. The minimum absolute atomic E-state index is 0.431. The number of ether oxygens (including phenoxy) is 1. The molecular formula is C7H9F2N3O3S. The van der Waals surface area contributed by atoms with Crippen molar-refractivity contribution in [2.24, 2.45) is 5.14 Å². The van der Waals surface area contributed by atoms with Crippen LogP contribution in [0.15, 0.2) is 11.1 Å². The van der Waals surface area contributed by atoms with Crippen molar-refractivity contribution in [1.82, 2.24) is 4.98 Å². The van der Waals surface area contributed by atoms with Crippen LogP contribution in [0.25, 0.3) is 0 Å². The molecule has 1 aromatic heterocycles. The van der Waals surface area contributed by atoms with Crippen LogP contribution in [0.3, 0.4) is 0 Å². The zero-order chi connectivity index (χ0) is 12.5. The van der Waals surface area contributed by atoms with Gasteiger partial charge in [-0.3, -0.25) is 0 Å². The molecule has 1 rings (SSSR count). The number of rotatable bonds is 3. The van der Waals surface area contributed by atoms with Gasteiger partial charge in [0.2, 0.25) is 15.9 Å². The van der Waals surface area contributed by atoms with Gasteiger partial charge in [0.05, 0.1) is 19.0 Å². The van der Waals surface area contributed by atoms with Gasteiger partial charge in [-0.05, 0) is 0 Å². The molecule has 0 spiro atoms. The molecule has 0 aliphatic heterocycles. The van der Waals surface area contributed by atoms with Crippen molar-refractivity contribution in [3.8, 4) is 5.88 Å². The molecule has 1 heterocycles. The Morgan fingerprint density at radius 2 is 2.06 bits per heavy atom. The summed E-state index contributed by atoms with van der Waals surface area (Å²) in [4.78, 5) is 2.75. The van der Waals surface area contributed by atoms with E-state index >= 15 is 0 Å². The van der Waals surface area contributed by atoms with Crippen LogP contribution in [0.1, 0.15) is 12.0 Å². The van der Waals surface area contributed by atoms with Gasteiger partial charge in [-0.1, -0.05) is 0 Å². The maximum atomic E-state index is 12.6. The lowest BCUT2D eigenvalue weighted by molar-refractivity contribution is 0.146. The molecular weight excluding hydrogens is 244 g/mol. The van der Waals surface area contributed by atoms with Crippen molar-refractivity contribution < 1.29 is 21.9 Å². The van der Waals surface area contributed by atoms with Crippen LogP contribution < -0.4 is 15.6 Å². The molecule has 0 saturated carbocycles. The van der Waals surface area contributed by atoms with Gasteiger partial charge in [-0.15, -0.1) is 0 Å². The Kier molecular flexibility index (Phi) is 3.29. The molecule has 0 aliphatic carbocycles. The molecule has 6 nitrogen and oxygen atoms in total. The van der Waals surface area contributed by atoms with Crippen LogP contribution >= 0.6 is 0 Å². The molecule has 0 amide bonds. The van der Waals surface area contributed by atoms with E-state index in [0.29, 0.717) is 0 Å². The van der Waals surface area contributed by atoms with E-state index in [1.165, 1.54) is 0 Å². The number of nitrogen functional groups attached to an aromatic ring is 1. The first kappa shape index (κ1) is 12.6. The highest BCUT2D eigenvalue weighted by molar-refractivity contribution is 7.89. The summed E-state index contributed by atoms with van der Waals surface area (Å²) in [6.45, 7) is 0. The Bertz CT molecular complexity index is 504. The summed E-state index contributed by atoms with van der Waals surface area (Å²) in [6, 6.07) is 0. The smallest absolute Gasteiger partial charge is 0.271 e. The van der Waals surface area contributed by atoms with Crippen molar-refractivity contribution in [2.75, 3.05) is 12.8 Å². The van der Waals surface area contributed by atoms with Gasteiger partial charge in [-0.25, -0.2) is 27.3 Å². The molecule has 0 bridgehead atoms. The van der Waals surface area contributed by atoms with Crippen LogP contribution in [0.2, 0.25) is 0 Å².